The summed E-state index contributed by atoms with van der Waals surface area (Å²) in [5.74, 6) is -0.828. The van der Waals surface area contributed by atoms with E-state index in [1.165, 1.54) is 0 Å². The van der Waals surface area contributed by atoms with E-state index in [-0.39, 0.29) is 26.1 Å². The predicted molar refractivity (Wildman–Crippen MR) is 40.5 cm³/mol. The van der Waals surface area contributed by atoms with E-state index in [0.717, 1.165) is 7.11 Å². The zero-order valence-corrected chi connectivity index (χ0v) is 7.39. The minimum atomic E-state index is -2.68. The van der Waals surface area contributed by atoms with Crippen molar-refractivity contribution in [2.75, 3.05) is 20.3 Å². The van der Waals surface area contributed by atoms with E-state index in [4.69, 9.17) is 4.74 Å². The summed E-state index contributed by atoms with van der Waals surface area (Å²) >= 11 is 0. The van der Waals surface area contributed by atoms with Crippen molar-refractivity contribution in [2.24, 2.45) is 5.41 Å². The van der Waals surface area contributed by atoms with Gasteiger partial charge in [0, 0.05) is 13.2 Å². The van der Waals surface area contributed by atoms with E-state index in [1.807, 2.05) is 0 Å². The van der Waals surface area contributed by atoms with E-state index in [1.54, 1.807) is 0 Å². The average Bonchev–Trinajstić information content (AvgIpc) is 2.17. The molecule has 0 aliphatic carbocycles. The van der Waals surface area contributed by atoms with Gasteiger partial charge >= 0.3 is 5.97 Å². The van der Waals surface area contributed by atoms with Crippen LogP contribution < -0.4 is 0 Å². The molecule has 1 aliphatic rings. The molecule has 1 aliphatic heterocycles. The molecule has 1 heterocycles. The number of methoxy groups -OCH3 is 1. The van der Waals surface area contributed by atoms with Gasteiger partial charge in [0.2, 0.25) is 0 Å². The average molecular weight is 194 g/mol. The molecule has 3 nitrogen and oxygen atoms in total. The summed E-state index contributed by atoms with van der Waals surface area (Å²) in [5.41, 5.74) is -1.63. The van der Waals surface area contributed by atoms with Gasteiger partial charge in [-0.25, -0.2) is 8.78 Å². The third-order valence-electron chi connectivity index (χ3n) is 2.39. The Balaban J connectivity index is 2.79. The molecule has 0 unspecified atom stereocenters. The van der Waals surface area contributed by atoms with Crippen LogP contribution >= 0.6 is 0 Å². The van der Waals surface area contributed by atoms with Gasteiger partial charge in [-0.05, 0) is 12.8 Å². The smallest absolute Gasteiger partial charge is 0.317 e. The highest BCUT2D eigenvalue weighted by molar-refractivity contribution is 5.77. The molecule has 0 N–H and O–H groups in total. The first-order valence-corrected chi connectivity index (χ1v) is 4.08. The first-order valence-electron chi connectivity index (χ1n) is 4.08. The lowest BCUT2D eigenvalue weighted by Crippen LogP contribution is -2.43. The van der Waals surface area contributed by atoms with Gasteiger partial charge in [0.05, 0.1) is 7.11 Å². The predicted octanol–water partition coefficient (Wildman–Crippen LogP) is 1.22. The molecule has 0 saturated carbocycles. The van der Waals surface area contributed by atoms with Gasteiger partial charge < -0.3 is 9.47 Å². The Bertz CT molecular complexity index is 188. The Hall–Kier alpha value is -0.710. The van der Waals surface area contributed by atoms with Crippen LogP contribution in [0.4, 0.5) is 8.78 Å². The standard InChI is InChI=1S/C8H12F2O3/c1-12-7(11)8(6(9)10)2-4-13-5-3-8/h6H,2-5H2,1H3. The summed E-state index contributed by atoms with van der Waals surface area (Å²) in [6.45, 7) is 0.388. The molecule has 5 heteroatoms. The van der Waals surface area contributed by atoms with Gasteiger partial charge in [0.15, 0.2) is 0 Å². The second-order valence-electron chi connectivity index (χ2n) is 3.06. The zero-order valence-electron chi connectivity index (χ0n) is 7.39. The molecule has 0 amide bonds. The van der Waals surface area contributed by atoms with Crippen LogP contribution in [0.3, 0.4) is 0 Å². The van der Waals surface area contributed by atoms with Crippen molar-refractivity contribution in [3.05, 3.63) is 0 Å². The van der Waals surface area contributed by atoms with Crippen molar-refractivity contribution >= 4 is 5.97 Å². The van der Waals surface area contributed by atoms with Crippen LogP contribution in [-0.2, 0) is 14.3 Å². The van der Waals surface area contributed by atoms with E-state index in [9.17, 15) is 13.6 Å². The lowest BCUT2D eigenvalue weighted by Gasteiger charge is -2.33. The van der Waals surface area contributed by atoms with Crippen molar-refractivity contribution in [3.63, 3.8) is 0 Å². The molecular formula is C8H12F2O3. The maximum atomic E-state index is 12.7. The number of hydrogen-bond donors (Lipinski definition) is 0. The minimum Gasteiger partial charge on any atom is -0.468 e. The van der Waals surface area contributed by atoms with Gasteiger partial charge in [0.1, 0.15) is 5.41 Å². The lowest BCUT2D eigenvalue weighted by atomic mass is 9.80. The second kappa shape index (κ2) is 4.00. The second-order valence-corrected chi connectivity index (χ2v) is 3.06. The Morgan fingerprint density at radius 2 is 2.00 bits per heavy atom. The number of hydrogen-bond acceptors (Lipinski definition) is 3. The third-order valence-corrected chi connectivity index (χ3v) is 2.39. The molecule has 1 fully saturated rings. The minimum absolute atomic E-state index is 0.0390. The number of alkyl halides is 2. The molecule has 0 aromatic carbocycles. The summed E-state index contributed by atoms with van der Waals surface area (Å²) < 4.78 is 34.6. The number of carbonyl (C=O) groups excluding carboxylic acids is 1. The van der Waals surface area contributed by atoms with Crippen LogP contribution in [0.1, 0.15) is 12.8 Å². The zero-order chi connectivity index (χ0) is 9.90. The Morgan fingerprint density at radius 3 is 2.38 bits per heavy atom. The van der Waals surface area contributed by atoms with E-state index < -0.39 is 17.8 Å². The topological polar surface area (TPSA) is 35.5 Å². The van der Waals surface area contributed by atoms with Crippen LogP contribution in [0, 0.1) is 5.41 Å². The number of halogens is 2. The highest BCUT2D eigenvalue weighted by Gasteiger charge is 2.49. The fourth-order valence-electron chi connectivity index (χ4n) is 1.45. The summed E-state index contributed by atoms with van der Waals surface area (Å²) in [5, 5.41) is 0. The summed E-state index contributed by atoms with van der Waals surface area (Å²) in [6.07, 6.45) is -2.60. The highest BCUT2D eigenvalue weighted by Crippen LogP contribution is 2.37. The molecular weight excluding hydrogens is 182 g/mol. The summed E-state index contributed by atoms with van der Waals surface area (Å²) in [4.78, 5) is 11.2. The molecule has 0 bridgehead atoms. The fraction of sp³-hybridized carbons (Fsp3) is 0.875. The van der Waals surface area contributed by atoms with Gasteiger partial charge in [-0.1, -0.05) is 0 Å². The molecule has 0 atom stereocenters. The molecule has 0 aromatic rings. The Labute approximate surface area is 75.0 Å². The molecule has 1 rings (SSSR count). The molecule has 0 aromatic heterocycles. The van der Waals surface area contributed by atoms with Crippen molar-refractivity contribution < 1.29 is 23.0 Å². The van der Waals surface area contributed by atoms with Gasteiger partial charge in [-0.15, -0.1) is 0 Å². The molecule has 0 radical (unpaired) electrons. The number of ether oxygens (including phenoxy) is 2. The SMILES string of the molecule is COC(=O)C1(C(F)F)CCOCC1. The van der Waals surface area contributed by atoms with Crippen molar-refractivity contribution in [1.82, 2.24) is 0 Å². The van der Waals surface area contributed by atoms with Crippen LogP contribution in [0.25, 0.3) is 0 Å². The first kappa shape index (κ1) is 10.4. The number of esters is 1. The molecule has 0 spiro atoms. The van der Waals surface area contributed by atoms with Gasteiger partial charge in [-0.3, -0.25) is 4.79 Å². The van der Waals surface area contributed by atoms with Crippen molar-refractivity contribution in [3.8, 4) is 0 Å². The largest absolute Gasteiger partial charge is 0.468 e. The lowest BCUT2D eigenvalue weighted by molar-refractivity contribution is -0.173. The third kappa shape index (κ3) is 1.80. The van der Waals surface area contributed by atoms with Gasteiger partial charge in [-0.2, -0.15) is 0 Å². The summed E-state index contributed by atoms with van der Waals surface area (Å²) in [6, 6.07) is 0. The maximum Gasteiger partial charge on any atom is 0.317 e. The normalized spacial score (nSPS) is 21.5. The Morgan fingerprint density at radius 1 is 1.46 bits per heavy atom. The molecule has 76 valence electrons. The van der Waals surface area contributed by atoms with Crippen molar-refractivity contribution in [1.29, 1.82) is 0 Å². The monoisotopic (exact) mass is 194 g/mol. The summed E-state index contributed by atoms with van der Waals surface area (Å²) in [7, 11) is 1.13. The van der Waals surface area contributed by atoms with Crippen LogP contribution in [0.15, 0.2) is 0 Å². The number of carbonyl (C=O) groups is 1. The maximum absolute atomic E-state index is 12.7. The van der Waals surface area contributed by atoms with E-state index in [2.05, 4.69) is 4.74 Å². The van der Waals surface area contributed by atoms with E-state index in [0.29, 0.717) is 0 Å². The number of rotatable bonds is 2. The quantitative estimate of drug-likeness (QED) is 0.620. The van der Waals surface area contributed by atoms with Gasteiger partial charge in [0.25, 0.3) is 6.43 Å². The van der Waals surface area contributed by atoms with Crippen LogP contribution in [0.5, 0.6) is 0 Å². The molecule has 1 saturated heterocycles. The van der Waals surface area contributed by atoms with Crippen molar-refractivity contribution in [2.45, 2.75) is 19.3 Å². The highest BCUT2D eigenvalue weighted by atomic mass is 19.3. The fourth-order valence-corrected chi connectivity index (χ4v) is 1.45. The first-order chi connectivity index (χ1) is 6.13. The molecule has 13 heavy (non-hydrogen) atoms. The van der Waals surface area contributed by atoms with Crippen LogP contribution in [0.2, 0.25) is 0 Å². The Kier molecular flexibility index (Phi) is 3.19. The van der Waals surface area contributed by atoms with Crippen LogP contribution in [-0.4, -0.2) is 32.7 Å². The van der Waals surface area contributed by atoms with E-state index >= 15 is 0 Å².